The van der Waals surface area contributed by atoms with Crippen molar-refractivity contribution >= 4 is 39.2 Å². The van der Waals surface area contributed by atoms with Gasteiger partial charge in [0.25, 0.3) is 5.91 Å². The van der Waals surface area contributed by atoms with E-state index in [4.69, 9.17) is 10.5 Å². The van der Waals surface area contributed by atoms with Gasteiger partial charge >= 0.3 is 5.97 Å². The summed E-state index contributed by atoms with van der Waals surface area (Å²) in [6, 6.07) is 5.12. The van der Waals surface area contributed by atoms with Crippen molar-refractivity contribution in [2.24, 2.45) is 5.73 Å². The van der Waals surface area contributed by atoms with Crippen molar-refractivity contribution < 1.29 is 23.5 Å². The Morgan fingerprint density at radius 1 is 1.28 bits per heavy atom. The number of carbonyl (C=O) groups is 3. The molecular weight excluding hydrogens is 347 g/mol. The zero-order valence-corrected chi connectivity index (χ0v) is 14.2. The molecule has 1 aromatic heterocycles. The van der Waals surface area contributed by atoms with E-state index in [0.717, 1.165) is 17.5 Å². The number of halogens is 1. The van der Waals surface area contributed by atoms with Gasteiger partial charge in [-0.25, -0.2) is 9.18 Å². The Labute approximate surface area is 147 Å². The Balaban J connectivity index is 1.64. The first-order valence-electron chi connectivity index (χ1n) is 7.90. The molecule has 0 bridgehead atoms. The summed E-state index contributed by atoms with van der Waals surface area (Å²) in [4.78, 5) is 37.5. The van der Waals surface area contributed by atoms with Crippen LogP contribution < -0.4 is 5.73 Å². The molecule has 1 aliphatic rings. The smallest absolute Gasteiger partial charge is 0.348 e. The molecule has 25 heavy (non-hydrogen) atoms. The standard InChI is InChI=1S/C17H17FN2O4S/c18-11-4-5-13-10(7-11)8-14(25-13)17(23)24-9-15(21)20-6-2-1-3-12(20)16(19)22/h4-5,7-8,12H,1-3,6,9H2,(H2,19,22)/t12-/m1/s1. The van der Waals surface area contributed by atoms with Gasteiger partial charge in [0, 0.05) is 11.2 Å². The number of carbonyl (C=O) groups excluding carboxylic acids is 3. The number of likely N-dealkylation sites (tertiary alicyclic amines) is 1. The average Bonchev–Trinajstić information content (AvgIpc) is 3.02. The predicted octanol–water partition coefficient (Wildman–Crippen LogP) is 2.06. The lowest BCUT2D eigenvalue weighted by molar-refractivity contribution is -0.143. The number of hydrogen-bond acceptors (Lipinski definition) is 5. The second-order valence-electron chi connectivity index (χ2n) is 5.87. The molecular formula is C17H17FN2O4S. The van der Waals surface area contributed by atoms with Crippen LogP contribution in [0.1, 0.15) is 28.9 Å². The highest BCUT2D eigenvalue weighted by Crippen LogP contribution is 2.27. The predicted molar refractivity (Wildman–Crippen MR) is 90.6 cm³/mol. The topological polar surface area (TPSA) is 89.7 Å². The van der Waals surface area contributed by atoms with E-state index in [1.165, 1.54) is 34.4 Å². The third-order valence-electron chi connectivity index (χ3n) is 4.16. The van der Waals surface area contributed by atoms with Crippen LogP contribution in [0.15, 0.2) is 24.3 Å². The van der Waals surface area contributed by atoms with Gasteiger partial charge in [-0.2, -0.15) is 0 Å². The van der Waals surface area contributed by atoms with E-state index in [9.17, 15) is 18.8 Å². The largest absolute Gasteiger partial charge is 0.451 e. The van der Waals surface area contributed by atoms with Gasteiger partial charge in [-0.15, -0.1) is 11.3 Å². The van der Waals surface area contributed by atoms with Gasteiger partial charge in [0.05, 0.1) is 0 Å². The lowest BCUT2D eigenvalue weighted by Gasteiger charge is -2.33. The first kappa shape index (κ1) is 17.3. The molecule has 1 saturated heterocycles. The van der Waals surface area contributed by atoms with Crippen LogP contribution >= 0.6 is 11.3 Å². The zero-order valence-electron chi connectivity index (χ0n) is 13.4. The molecule has 6 nitrogen and oxygen atoms in total. The number of thiophene rings is 1. The third-order valence-corrected chi connectivity index (χ3v) is 5.25. The van der Waals surface area contributed by atoms with Crippen molar-refractivity contribution in [3.8, 4) is 0 Å². The lowest BCUT2D eigenvalue weighted by Crippen LogP contribution is -2.51. The molecule has 0 spiro atoms. The second kappa shape index (κ2) is 7.18. The number of piperidine rings is 1. The summed E-state index contributed by atoms with van der Waals surface area (Å²) in [7, 11) is 0. The molecule has 0 radical (unpaired) electrons. The van der Waals surface area contributed by atoms with E-state index in [2.05, 4.69) is 0 Å². The summed E-state index contributed by atoms with van der Waals surface area (Å²) < 4.78 is 19.0. The van der Waals surface area contributed by atoms with E-state index < -0.39 is 30.4 Å². The fraction of sp³-hybridized carbons (Fsp3) is 0.353. The summed E-state index contributed by atoms with van der Waals surface area (Å²) in [6.07, 6.45) is 2.14. The second-order valence-corrected chi connectivity index (χ2v) is 6.95. The van der Waals surface area contributed by atoms with Crippen molar-refractivity contribution in [2.75, 3.05) is 13.2 Å². The van der Waals surface area contributed by atoms with Gasteiger partial charge in [0.2, 0.25) is 5.91 Å². The molecule has 2 amide bonds. The molecule has 132 valence electrons. The Morgan fingerprint density at radius 3 is 2.84 bits per heavy atom. The number of hydrogen-bond donors (Lipinski definition) is 1. The van der Waals surface area contributed by atoms with E-state index >= 15 is 0 Å². The van der Waals surface area contributed by atoms with Gasteiger partial charge in [-0.1, -0.05) is 0 Å². The number of fused-ring (bicyclic) bond motifs is 1. The fourth-order valence-electron chi connectivity index (χ4n) is 2.92. The maximum absolute atomic E-state index is 13.2. The van der Waals surface area contributed by atoms with E-state index in [0.29, 0.717) is 23.2 Å². The number of nitrogens with two attached hydrogens (primary N) is 1. The number of benzene rings is 1. The Bertz CT molecular complexity index is 835. The Kier molecular flexibility index (Phi) is 4.98. The van der Waals surface area contributed by atoms with Crippen molar-refractivity contribution in [3.05, 3.63) is 35.0 Å². The summed E-state index contributed by atoms with van der Waals surface area (Å²) in [5.74, 6) is -2.03. The minimum absolute atomic E-state index is 0.290. The van der Waals surface area contributed by atoms with Crippen LogP contribution in [-0.4, -0.2) is 41.9 Å². The number of rotatable bonds is 4. The normalized spacial score (nSPS) is 17.5. The molecule has 8 heteroatoms. The monoisotopic (exact) mass is 364 g/mol. The Morgan fingerprint density at radius 2 is 2.08 bits per heavy atom. The summed E-state index contributed by atoms with van der Waals surface area (Å²) in [5, 5.41) is 0.605. The number of primary amides is 1. The SMILES string of the molecule is NC(=O)[C@H]1CCCCN1C(=O)COC(=O)c1cc2cc(F)ccc2s1. The van der Waals surface area contributed by atoms with Crippen LogP contribution in [-0.2, 0) is 14.3 Å². The first-order chi connectivity index (χ1) is 12.0. The molecule has 1 aliphatic heterocycles. The van der Waals surface area contributed by atoms with Gasteiger partial charge < -0.3 is 15.4 Å². The number of amides is 2. The molecule has 1 aromatic carbocycles. The van der Waals surface area contributed by atoms with E-state index in [-0.39, 0.29) is 5.82 Å². The number of ether oxygens (including phenoxy) is 1. The van der Waals surface area contributed by atoms with Crippen LogP contribution in [0.5, 0.6) is 0 Å². The highest BCUT2D eigenvalue weighted by Gasteiger charge is 2.31. The van der Waals surface area contributed by atoms with Crippen molar-refractivity contribution in [2.45, 2.75) is 25.3 Å². The zero-order chi connectivity index (χ0) is 18.0. The summed E-state index contributed by atoms with van der Waals surface area (Å²) in [6.45, 7) is -0.0304. The summed E-state index contributed by atoms with van der Waals surface area (Å²) >= 11 is 1.17. The third kappa shape index (κ3) is 3.79. The number of esters is 1. The maximum atomic E-state index is 13.2. The Hall–Kier alpha value is -2.48. The van der Waals surface area contributed by atoms with E-state index in [1.54, 1.807) is 6.07 Å². The molecule has 2 N–H and O–H groups in total. The average molecular weight is 364 g/mol. The van der Waals surface area contributed by atoms with Crippen LogP contribution in [0, 0.1) is 5.82 Å². The van der Waals surface area contributed by atoms with Crippen LogP contribution in [0.3, 0.4) is 0 Å². The summed E-state index contributed by atoms with van der Waals surface area (Å²) in [5.41, 5.74) is 5.33. The van der Waals surface area contributed by atoms with Crippen molar-refractivity contribution in [3.63, 3.8) is 0 Å². The minimum atomic E-state index is -0.650. The molecule has 2 heterocycles. The number of nitrogens with zero attached hydrogens (tertiary/aromatic N) is 1. The molecule has 0 unspecified atom stereocenters. The van der Waals surface area contributed by atoms with Crippen LogP contribution in [0.4, 0.5) is 4.39 Å². The van der Waals surface area contributed by atoms with Gasteiger partial charge in [-0.3, -0.25) is 9.59 Å². The highest BCUT2D eigenvalue weighted by molar-refractivity contribution is 7.20. The van der Waals surface area contributed by atoms with Gasteiger partial charge in [0.15, 0.2) is 6.61 Å². The molecule has 3 rings (SSSR count). The van der Waals surface area contributed by atoms with Gasteiger partial charge in [0.1, 0.15) is 16.7 Å². The lowest BCUT2D eigenvalue weighted by atomic mass is 10.0. The molecule has 1 atom stereocenters. The molecule has 2 aromatic rings. The quantitative estimate of drug-likeness (QED) is 0.841. The highest BCUT2D eigenvalue weighted by atomic mass is 32.1. The van der Waals surface area contributed by atoms with E-state index in [1.807, 2.05) is 0 Å². The first-order valence-corrected chi connectivity index (χ1v) is 8.72. The molecule has 1 fully saturated rings. The molecule has 0 saturated carbocycles. The molecule has 0 aliphatic carbocycles. The fourth-order valence-corrected chi connectivity index (χ4v) is 3.86. The van der Waals surface area contributed by atoms with Crippen molar-refractivity contribution in [1.82, 2.24) is 4.90 Å². The minimum Gasteiger partial charge on any atom is -0.451 e. The van der Waals surface area contributed by atoms with Crippen LogP contribution in [0.2, 0.25) is 0 Å². The van der Waals surface area contributed by atoms with Crippen molar-refractivity contribution in [1.29, 1.82) is 0 Å². The van der Waals surface area contributed by atoms with Crippen LogP contribution in [0.25, 0.3) is 10.1 Å². The van der Waals surface area contributed by atoms with Gasteiger partial charge in [-0.05, 0) is 48.9 Å². The maximum Gasteiger partial charge on any atom is 0.348 e.